The summed E-state index contributed by atoms with van der Waals surface area (Å²) in [5.41, 5.74) is 6.35. The van der Waals surface area contributed by atoms with E-state index in [0.29, 0.717) is 17.2 Å². The molecule has 5 heteroatoms. The van der Waals surface area contributed by atoms with E-state index < -0.39 is 0 Å². The molecular weight excluding hydrogens is 297 g/mol. The Hall–Kier alpha value is -1.10. The fraction of sp³-hybridized carbons (Fsp3) is 0.462. The van der Waals surface area contributed by atoms with Crippen molar-refractivity contribution in [2.45, 2.75) is 19.3 Å². The van der Waals surface area contributed by atoms with Gasteiger partial charge in [-0.15, -0.1) is 0 Å². The van der Waals surface area contributed by atoms with Crippen LogP contribution in [0.15, 0.2) is 16.6 Å². The number of halogens is 2. The van der Waals surface area contributed by atoms with Gasteiger partial charge in [0.15, 0.2) is 5.82 Å². The smallest absolute Gasteiger partial charge is 0.161 e. The summed E-state index contributed by atoms with van der Waals surface area (Å²) in [4.78, 5) is 1.94. The Morgan fingerprint density at radius 3 is 2.72 bits per heavy atom. The van der Waals surface area contributed by atoms with Crippen molar-refractivity contribution in [2.75, 3.05) is 18.5 Å². The average molecular weight is 314 g/mol. The van der Waals surface area contributed by atoms with Gasteiger partial charge < -0.3 is 10.6 Å². The van der Waals surface area contributed by atoms with Gasteiger partial charge >= 0.3 is 0 Å². The summed E-state index contributed by atoms with van der Waals surface area (Å²) >= 11 is 3.17. The number of nitrogens with zero attached hydrogens (tertiary/aromatic N) is 1. The first-order chi connectivity index (χ1) is 8.50. The number of hydrogen-bond donors (Lipinski definition) is 2. The minimum absolute atomic E-state index is 0.131. The summed E-state index contributed by atoms with van der Waals surface area (Å²) < 4.78 is 14.5. The lowest BCUT2D eigenvalue weighted by Gasteiger charge is -2.31. The van der Waals surface area contributed by atoms with Crippen LogP contribution in [0.4, 0.5) is 10.1 Å². The van der Waals surface area contributed by atoms with Gasteiger partial charge in [-0.3, -0.25) is 5.41 Å². The molecule has 0 saturated heterocycles. The predicted molar refractivity (Wildman–Crippen MR) is 75.7 cm³/mol. The molecule has 0 aliphatic heterocycles. The van der Waals surface area contributed by atoms with Crippen molar-refractivity contribution in [1.29, 1.82) is 5.41 Å². The second kappa shape index (κ2) is 5.26. The number of anilines is 1. The summed E-state index contributed by atoms with van der Waals surface area (Å²) in [7, 11) is 1.90. The van der Waals surface area contributed by atoms with Crippen LogP contribution in [0.3, 0.4) is 0 Å². The number of rotatable bonds is 4. The fourth-order valence-corrected chi connectivity index (χ4v) is 2.75. The van der Waals surface area contributed by atoms with Crippen LogP contribution in [0.5, 0.6) is 0 Å². The summed E-state index contributed by atoms with van der Waals surface area (Å²) in [6.07, 6.45) is 3.76. The Kier molecular flexibility index (Phi) is 3.90. The second-order valence-electron chi connectivity index (χ2n) is 4.85. The number of amidine groups is 1. The lowest BCUT2D eigenvalue weighted by Crippen LogP contribution is -2.30. The Bertz CT molecular complexity index is 472. The first kappa shape index (κ1) is 13.3. The lowest BCUT2D eigenvalue weighted by molar-refractivity contribution is 0.321. The van der Waals surface area contributed by atoms with Gasteiger partial charge in [0.2, 0.25) is 0 Å². The molecule has 1 saturated carbocycles. The third-order valence-corrected chi connectivity index (χ3v) is 4.30. The van der Waals surface area contributed by atoms with Gasteiger partial charge in [0.25, 0.3) is 0 Å². The zero-order valence-electron chi connectivity index (χ0n) is 10.3. The highest BCUT2D eigenvalue weighted by atomic mass is 79.9. The number of benzene rings is 1. The number of nitrogens with one attached hydrogen (secondary N) is 1. The summed E-state index contributed by atoms with van der Waals surface area (Å²) in [5, 5.41) is 7.37. The van der Waals surface area contributed by atoms with Gasteiger partial charge in [-0.05, 0) is 46.8 Å². The monoisotopic (exact) mass is 313 g/mol. The molecule has 18 heavy (non-hydrogen) atoms. The van der Waals surface area contributed by atoms with Crippen molar-refractivity contribution in [1.82, 2.24) is 0 Å². The van der Waals surface area contributed by atoms with E-state index >= 15 is 0 Å². The van der Waals surface area contributed by atoms with E-state index in [4.69, 9.17) is 11.1 Å². The Balaban J connectivity index is 2.22. The minimum atomic E-state index is -0.343. The lowest BCUT2D eigenvalue weighted by atomic mass is 9.85. The van der Waals surface area contributed by atoms with E-state index in [0.717, 1.165) is 6.54 Å². The van der Waals surface area contributed by atoms with Gasteiger partial charge in [-0.1, -0.05) is 6.42 Å². The Labute approximate surface area is 115 Å². The normalized spacial score (nSPS) is 15.3. The number of nitrogens with two attached hydrogens (primary N) is 1. The molecule has 0 amide bonds. The molecule has 3 nitrogen and oxygen atoms in total. The molecule has 2 rings (SSSR count). The van der Waals surface area contributed by atoms with Crippen LogP contribution in [0.2, 0.25) is 0 Å². The highest BCUT2D eigenvalue weighted by molar-refractivity contribution is 9.10. The molecule has 1 aromatic rings. The van der Waals surface area contributed by atoms with Crippen LogP contribution in [0.25, 0.3) is 0 Å². The topological polar surface area (TPSA) is 53.1 Å². The predicted octanol–water partition coefficient (Wildman–Crippen LogP) is 3.11. The van der Waals surface area contributed by atoms with Gasteiger partial charge in [-0.25, -0.2) is 4.39 Å². The molecule has 3 N–H and O–H groups in total. The van der Waals surface area contributed by atoms with Crippen molar-refractivity contribution < 1.29 is 4.39 Å². The molecule has 0 spiro atoms. The maximum Gasteiger partial charge on any atom is 0.161 e. The minimum Gasteiger partial charge on any atom is -0.384 e. The van der Waals surface area contributed by atoms with Crippen molar-refractivity contribution in [3.05, 3.63) is 28.0 Å². The van der Waals surface area contributed by atoms with E-state index in [1.807, 2.05) is 11.9 Å². The van der Waals surface area contributed by atoms with E-state index in [2.05, 4.69) is 15.9 Å². The summed E-state index contributed by atoms with van der Waals surface area (Å²) in [6.45, 7) is 0.878. The molecule has 1 aliphatic rings. The second-order valence-corrected chi connectivity index (χ2v) is 5.64. The maximum atomic E-state index is 14.2. The molecule has 1 aromatic carbocycles. The Morgan fingerprint density at radius 2 is 2.22 bits per heavy atom. The number of hydrogen-bond acceptors (Lipinski definition) is 2. The molecule has 0 heterocycles. The number of nitrogen functional groups attached to an aromatic ring is 1. The van der Waals surface area contributed by atoms with Crippen LogP contribution in [-0.2, 0) is 0 Å². The van der Waals surface area contributed by atoms with Crippen LogP contribution >= 0.6 is 15.9 Å². The average Bonchev–Trinajstić information content (AvgIpc) is 2.26. The Morgan fingerprint density at radius 1 is 1.56 bits per heavy atom. The van der Waals surface area contributed by atoms with E-state index in [1.165, 1.54) is 19.3 Å². The largest absolute Gasteiger partial charge is 0.384 e. The van der Waals surface area contributed by atoms with Crippen molar-refractivity contribution in [3.8, 4) is 0 Å². The third-order valence-electron chi connectivity index (χ3n) is 3.52. The van der Waals surface area contributed by atoms with Crippen LogP contribution < -0.4 is 10.6 Å². The maximum absolute atomic E-state index is 14.2. The summed E-state index contributed by atoms with van der Waals surface area (Å²) in [6, 6.07) is 3.37. The SMILES string of the molecule is CN(CC1CCC1)c1ccc(C(=N)N)c(Br)c1F. The van der Waals surface area contributed by atoms with Crippen LogP contribution in [-0.4, -0.2) is 19.4 Å². The van der Waals surface area contributed by atoms with Crippen molar-refractivity contribution in [3.63, 3.8) is 0 Å². The van der Waals surface area contributed by atoms with Crippen molar-refractivity contribution in [2.24, 2.45) is 11.7 Å². The third kappa shape index (κ3) is 2.51. The van der Waals surface area contributed by atoms with Gasteiger partial charge in [0, 0.05) is 19.2 Å². The van der Waals surface area contributed by atoms with Crippen molar-refractivity contribution >= 4 is 27.5 Å². The zero-order chi connectivity index (χ0) is 13.3. The molecular formula is C13H17BrFN3. The fourth-order valence-electron chi connectivity index (χ4n) is 2.20. The molecule has 1 aliphatic carbocycles. The highest BCUT2D eigenvalue weighted by Gasteiger charge is 2.22. The van der Waals surface area contributed by atoms with Crippen LogP contribution in [0, 0.1) is 17.1 Å². The molecule has 0 aromatic heterocycles. The molecule has 0 bridgehead atoms. The highest BCUT2D eigenvalue weighted by Crippen LogP contribution is 2.32. The van der Waals surface area contributed by atoms with E-state index in [1.54, 1.807) is 12.1 Å². The molecule has 0 atom stereocenters. The molecule has 98 valence electrons. The first-order valence-corrected chi connectivity index (χ1v) is 6.83. The van der Waals surface area contributed by atoms with Gasteiger partial charge in [-0.2, -0.15) is 0 Å². The van der Waals surface area contributed by atoms with E-state index in [-0.39, 0.29) is 16.1 Å². The van der Waals surface area contributed by atoms with Gasteiger partial charge in [0.05, 0.1) is 10.2 Å². The van der Waals surface area contributed by atoms with Gasteiger partial charge in [0.1, 0.15) is 5.84 Å². The summed E-state index contributed by atoms with van der Waals surface area (Å²) in [5.74, 6) is 0.208. The molecule has 0 radical (unpaired) electrons. The quantitative estimate of drug-likeness (QED) is 0.663. The first-order valence-electron chi connectivity index (χ1n) is 6.04. The standard InChI is InChI=1S/C13H17BrFN3/c1-18(7-8-3-2-4-8)10-6-5-9(13(16)17)11(14)12(10)15/h5-6,8H,2-4,7H2,1H3,(H3,16,17). The molecule has 1 fully saturated rings. The zero-order valence-corrected chi connectivity index (χ0v) is 11.9. The van der Waals surface area contributed by atoms with Crippen LogP contribution in [0.1, 0.15) is 24.8 Å². The molecule has 0 unspecified atom stereocenters. The van der Waals surface area contributed by atoms with E-state index in [9.17, 15) is 4.39 Å².